The molecule has 12 heavy (non-hydrogen) atoms. The minimum absolute atomic E-state index is 0.275. The molecule has 0 atom stereocenters. The minimum Gasteiger partial charge on any atom is -0.316 e. The zero-order valence-electron chi connectivity index (χ0n) is 7.31. The Morgan fingerprint density at radius 2 is 2.08 bits per heavy atom. The second-order valence-corrected chi connectivity index (χ2v) is 2.79. The van der Waals surface area contributed by atoms with Crippen LogP contribution in [0, 0.1) is 0 Å². The van der Waals surface area contributed by atoms with Crippen molar-refractivity contribution in [3.8, 4) is 0 Å². The van der Waals surface area contributed by atoms with E-state index in [9.17, 15) is 4.39 Å². The molecule has 1 aromatic rings. The fraction of sp³-hybridized carbons (Fsp3) is 0.400. The Morgan fingerprint density at radius 3 is 2.75 bits per heavy atom. The first kappa shape index (κ1) is 9.20. The van der Waals surface area contributed by atoms with E-state index in [-0.39, 0.29) is 6.67 Å². The van der Waals surface area contributed by atoms with Gasteiger partial charge >= 0.3 is 0 Å². The van der Waals surface area contributed by atoms with Crippen LogP contribution in [0.2, 0.25) is 0 Å². The number of halogens is 1. The largest absolute Gasteiger partial charge is 0.316 e. The highest BCUT2D eigenvalue weighted by molar-refractivity contribution is 5.23. The lowest BCUT2D eigenvalue weighted by atomic mass is 10.1. The Balaban J connectivity index is 2.67. The van der Waals surface area contributed by atoms with Gasteiger partial charge in [-0.1, -0.05) is 24.3 Å². The van der Waals surface area contributed by atoms with E-state index in [4.69, 9.17) is 0 Å². The third-order valence-corrected chi connectivity index (χ3v) is 1.76. The van der Waals surface area contributed by atoms with Crippen LogP contribution in [0.4, 0.5) is 4.39 Å². The van der Waals surface area contributed by atoms with Crippen LogP contribution in [0.1, 0.15) is 11.1 Å². The number of aryl methyl sites for hydroxylation is 1. The van der Waals surface area contributed by atoms with Gasteiger partial charge in [0.15, 0.2) is 0 Å². The molecule has 0 saturated heterocycles. The smallest absolute Gasteiger partial charge is 0.0934 e. The lowest BCUT2D eigenvalue weighted by Crippen LogP contribution is -2.05. The van der Waals surface area contributed by atoms with Gasteiger partial charge in [0.2, 0.25) is 0 Å². The fourth-order valence-electron chi connectivity index (χ4n) is 1.21. The van der Waals surface area contributed by atoms with Crippen molar-refractivity contribution in [3.63, 3.8) is 0 Å². The van der Waals surface area contributed by atoms with Gasteiger partial charge in [-0.05, 0) is 18.2 Å². The highest BCUT2D eigenvalue weighted by Gasteiger charge is 1.94. The molecule has 0 aromatic heterocycles. The van der Waals surface area contributed by atoms with Gasteiger partial charge in [0.05, 0.1) is 6.67 Å². The van der Waals surface area contributed by atoms with Gasteiger partial charge in [0.25, 0.3) is 0 Å². The number of hydrogen-bond donors (Lipinski definition) is 1. The van der Waals surface area contributed by atoms with Gasteiger partial charge in [-0.3, -0.25) is 4.39 Å². The lowest BCUT2D eigenvalue weighted by molar-refractivity contribution is 0.495. The summed E-state index contributed by atoms with van der Waals surface area (Å²) in [4.78, 5) is 0. The van der Waals surface area contributed by atoms with E-state index >= 15 is 0 Å². The van der Waals surface area contributed by atoms with Gasteiger partial charge in [-0.25, -0.2) is 0 Å². The molecule has 0 bridgehead atoms. The van der Waals surface area contributed by atoms with Crippen LogP contribution in [-0.2, 0) is 13.0 Å². The van der Waals surface area contributed by atoms with Gasteiger partial charge in [-0.15, -0.1) is 0 Å². The number of nitrogens with one attached hydrogen (secondary N) is 1. The van der Waals surface area contributed by atoms with Gasteiger partial charge in [-0.2, -0.15) is 0 Å². The van der Waals surface area contributed by atoms with Crippen molar-refractivity contribution in [1.29, 1.82) is 0 Å². The Bertz CT molecular complexity index is 214. The van der Waals surface area contributed by atoms with E-state index in [1.165, 1.54) is 5.56 Å². The second-order valence-electron chi connectivity index (χ2n) is 2.79. The molecular weight excluding hydrogens is 153 g/mol. The van der Waals surface area contributed by atoms with Crippen LogP contribution in [-0.4, -0.2) is 13.7 Å². The predicted molar refractivity (Wildman–Crippen MR) is 48.9 cm³/mol. The highest BCUT2D eigenvalue weighted by atomic mass is 19.1. The third kappa shape index (κ3) is 2.62. The first-order valence-electron chi connectivity index (χ1n) is 4.15. The summed E-state index contributed by atoms with van der Waals surface area (Å²) in [5.74, 6) is 0. The maximum atomic E-state index is 12.0. The fourth-order valence-corrected chi connectivity index (χ4v) is 1.21. The van der Waals surface area contributed by atoms with Crippen molar-refractivity contribution in [2.24, 2.45) is 0 Å². The second kappa shape index (κ2) is 4.88. The molecule has 1 nitrogen and oxygen atoms in total. The van der Waals surface area contributed by atoms with Crippen molar-refractivity contribution in [2.75, 3.05) is 13.7 Å². The summed E-state index contributed by atoms with van der Waals surface area (Å²) >= 11 is 0. The molecule has 0 amide bonds. The maximum absolute atomic E-state index is 12.0. The molecule has 0 aliphatic heterocycles. The summed E-state index contributed by atoms with van der Waals surface area (Å²) in [7, 11) is 1.90. The van der Waals surface area contributed by atoms with Gasteiger partial charge in [0.1, 0.15) is 0 Å². The quantitative estimate of drug-likeness (QED) is 0.722. The van der Waals surface area contributed by atoms with E-state index < -0.39 is 0 Å². The topological polar surface area (TPSA) is 12.0 Å². The summed E-state index contributed by atoms with van der Waals surface area (Å²) in [6.45, 7) is 0.573. The molecule has 1 rings (SSSR count). The maximum Gasteiger partial charge on any atom is 0.0934 e. The van der Waals surface area contributed by atoms with E-state index in [0.717, 1.165) is 12.1 Å². The normalized spacial score (nSPS) is 10.2. The number of alkyl halides is 1. The zero-order valence-corrected chi connectivity index (χ0v) is 7.31. The van der Waals surface area contributed by atoms with Crippen LogP contribution >= 0.6 is 0 Å². The SMILES string of the molecule is CNCc1cccc(CCF)c1. The summed E-state index contributed by atoms with van der Waals surface area (Å²) in [6, 6.07) is 8.00. The summed E-state index contributed by atoms with van der Waals surface area (Å²) < 4.78 is 12.0. The first-order valence-corrected chi connectivity index (χ1v) is 4.15. The van der Waals surface area contributed by atoms with E-state index in [2.05, 4.69) is 5.32 Å². The molecule has 0 aliphatic rings. The van der Waals surface area contributed by atoms with Crippen molar-refractivity contribution < 1.29 is 4.39 Å². The first-order chi connectivity index (χ1) is 5.86. The van der Waals surface area contributed by atoms with E-state index in [1.807, 2.05) is 31.3 Å². The predicted octanol–water partition coefficient (Wildman–Crippen LogP) is 1.92. The zero-order chi connectivity index (χ0) is 8.81. The molecule has 0 aliphatic carbocycles. The molecule has 66 valence electrons. The number of rotatable bonds is 4. The van der Waals surface area contributed by atoms with Crippen LogP contribution in [0.15, 0.2) is 24.3 Å². The molecule has 0 spiro atoms. The van der Waals surface area contributed by atoms with E-state index in [1.54, 1.807) is 0 Å². The van der Waals surface area contributed by atoms with Crippen LogP contribution < -0.4 is 5.32 Å². The molecule has 0 unspecified atom stereocenters. The Kier molecular flexibility index (Phi) is 3.74. The van der Waals surface area contributed by atoms with Crippen LogP contribution in [0.3, 0.4) is 0 Å². The molecule has 0 fully saturated rings. The standard InChI is InChI=1S/C10H14FN/c1-12-8-10-4-2-3-9(7-10)5-6-11/h2-4,7,12H,5-6,8H2,1H3. The molecule has 0 heterocycles. The molecule has 1 N–H and O–H groups in total. The monoisotopic (exact) mass is 167 g/mol. The Morgan fingerprint density at radius 1 is 1.33 bits per heavy atom. The average molecular weight is 167 g/mol. The van der Waals surface area contributed by atoms with Crippen molar-refractivity contribution in [3.05, 3.63) is 35.4 Å². The average Bonchev–Trinajstić information content (AvgIpc) is 2.06. The number of benzene rings is 1. The number of hydrogen-bond acceptors (Lipinski definition) is 1. The van der Waals surface area contributed by atoms with Crippen LogP contribution in [0.5, 0.6) is 0 Å². The summed E-state index contributed by atoms with van der Waals surface area (Å²) in [5, 5.41) is 3.06. The lowest BCUT2D eigenvalue weighted by Gasteiger charge is -2.02. The Hall–Kier alpha value is -0.890. The van der Waals surface area contributed by atoms with Crippen LogP contribution in [0.25, 0.3) is 0 Å². The molecule has 2 heteroatoms. The Labute approximate surface area is 72.6 Å². The molecule has 0 saturated carbocycles. The third-order valence-electron chi connectivity index (χ3n) is 1.76. The molecular formula is C10H14FN. The summed E-state index contributed by atoms with van der Waals surface area (Å²) in [5.41, 5.74) is 2.29. The summed E-state index contributed by atoms with van der Waals surface area (Å²) in [6.07, 6.45) is 0.525. The van der Waals surface area contributed by atoms with Crippen molar-refractivity contribution in [1.82, 2.24) is 5.32 Å². The van der Waals surface area contributed by atoms with Gasteiger partial charge in [0, 0.05) is 13.0 Å². The van der Waals surface area contributed by atoms with Gasteiger partial charge < -0.3 is 5.32 Å². The van der Waals surface area contributed by atoms with Crippen molar-refractivity contribution in [2.45, 2.75) is 13.0 Å². The van der Waals surface area contributed by atoms with E-state index in [0.29, 0.717) is 6.42 Å². The highest BCUT2D eigenvalue weighted by Crippen LogP contribution is 2.05. The van der Waals surface area contributed by atoms with Crippen molar-refractivity contribution >= 4 is 0 Å². The minimum atomic E-state index is -0.275. The molecule has 1 aromatic carbocycles. The molecule has 0 radical (unpaired) electrons.